The zero-order chi connectivity index (χ0) is 10.4. The maximum atomic E-state index is 4.30. The van der Waals surface area contributed by atoms with E-state index in [0.717, 1.165) is 23.7 Å². The first-order chi connectivity index (χ1) is 7.27. The fourth-order valence-corrected chi connectivity index (χ4v) is 4.52. The number of allylic oxidation sites excluding steroid dienone is 3. The standard InChI is InChI=1S/C15H22/c1-10-9-11(2)14-8-4-6-12-5-3-7-13(10)15(12)14/h9,12-15H,1,3-8H2,2H3. The summed E-state index contributed by atoms with van der Waals surface area (Å²) in [4.78, 5) is 0. The molecule has 0 heteroatoms. The van der Waals surface area contributed by atoms with Crippen LogP contribution in [0, 0.1) is 23.7 Å². The molecule has 0 saturated heterocycles. The normalized spacial score (nSPS) is 44.6. The molecule has 0 aliphatic heterocycles. The first kappa shape index (κ1) is 9.69. The van der Waals surface area contributed by atoms with Crippen molar-refractivity contribution in [2.45, 2.75) is 45.4 Å². The van der Waals surface area contributed by atoms with Crippen LogP contribution in [0.1, 0.15) is 45.4 Å². The summed E-state index contributed by atoms with van der Waals surface area (Å²) in [6, 6.07) is 0. The number of rotatable bonds is 0. The molecule has 82 valence electrons. The Hall–Kier alpha value is -0.520. The lowest BCUT2D eigenvalue weighted by Gasteiger charge is -2.49. The van der Waals surface area contributed by atoms with Crippen molar-refractivity contribution >= 4 is 0 Å². The summed E-state index contributed by atoms with van der Waals surface area (Å²) in [5.74, 6) is 3.77. The van der Waals surface area contributed by atoms with Crippen LogP contribution >= 0.6 is 0 Å². The molecule has 0 N–H and O–H groups in total. The molecule has 15 heavy (non-hydrogen) atoms. The van der Waals surface area contributed by atoms with Gasteiger partial charge in [-0.05, 0) is 43.4 Å². The molecule has 4 atom stereocenters. The van der Waals surface area contributed by atoms with Gasteiger partial charge in [0.15, 0.2) is 0 Å². The Morgan fingerprint density at radius 2 is 1.73 bits per heavy atom. The molecular weight excluding hydrogens is 180 g/mol. The third kappa shape index (κ3) is 1.41. The van der Waals surface area contributed by atoms with Crippen LogP contribution in [-0.4, -0.2) is 0 Å². The molecule has 0 nitrogen and oxygen atoms in total. The first-order valence-corrected chi connectivity index (χ1v) is 6.64. The minimum Gasteiger partial charge on any atom is -0.0955 e. The summed E-state index contributed by atoms with van der Waals surface area (Å²) < 4.78 is 0. The summed E-state index contributed by atoms with van der Waals surface area (Å²) in [6.45, 7) is 6.64. The van der Waals surface area contributed by atoms with E-state index in [4.69, 9.17) is 0 Å². The summed E-state index contributed by atoms with van der Waals surface area (Å²) in [5, 5.41) is 0. The van der Waals surface area contributed by atoms with E-state index in [1.54, 1.807) is 5.57 Å². The average molecular weight is 202 g/mol. The van der Waals surface area contributed by atoms with E-state index < -0.39 is 0 Å². The van der Waals surface area contributed by atoms with Gasteiger partial charge in [-0.15, -0.1) is 0 Å². The van der Waals surface area contributed by atoms with Crippen LogP contribution < -0.4 is 0 Å². The maximum absolute atomic E-state index is 4.30. The van der Waals surface area contributed by atoms with Gasteiger partial charge in [-0.2, -0.15) is 0 Å². The Labute approximate surface area is 93.5 Å². The van der Waals surface area contributed by atoms with Gasteiger partial charge in [0.25, 0.3) is 0 Å². The minimum absolute atomic E-state index is 0.845. The van der Waals surface area contributed by atoms with Crippen LogP contribution in [0.3, 0.4) is 0 Å². The molecule has 0 aromatic carbocycles. The smallest absolute Gasteiger partial charge is 0.0131 e. The van der Waals surface area contributed by atoms with Gasteiger partial charge in [0.05, 0.1) is 0 Å². The second-order valence-corrected chi connectivity index (χ2v) is 5.88. The second-order valence-electron chi connectivity index (χ2n) is 5.88. The number of hydrogen-bond acceptors (Lipinski definition) is 0. The zero-order valence-electron chi connectivity index (χ0n) is 9.84. The largest absolute Gasteiger partial charge is 0.0955 e. The molecule has 3 aliphatic rings. The topological polar surface area (TPSA) is 0 Å². The van der Waals surface area contributed by atoms with E-state index in [1.165, 1.54) is 44.1 Å². The predicted octanol–water partition coefficient (Wildman–Crippen LogP) is 4.34. The molecule has 0 aromatic rings. The van der Waals surface area contributed by atoms with Crippen molar-refractivity contribution in [2.24, 2.45) is 23.7 Å². The quantitative estimate of drug-likeness (QED) is 0.548. The van der Waals surface area contributed by atoms with E-state index in [9.17, 15) is 0 Å². The van der Waals surface area contributed by atoms with E-state index in [2.05, 4.69) is 19.6 Å². The van der Waals surface area contributed by atoms with Gasteiger partial charge in [-0.3, -0.25) is 0 Å². The predicted molar refractivity (Wildman–Crippen MR) is 64.6 cm³/mol. The Morgan fingerprint density at radius 3 is 2.47 bits per heavy atom. The Bertz CT molecular complexity index is 308. The molecule has 3 aliphatic carbocycles. The fraction of sp³-hybridized carbons (Fsp3) is 0.733. The monoisotopic (exact) mass is 202 g/mol. The number of hydrogen-bond donors (Lipinski definition) is 0. The van der Waals surface area contributed by atoms with E-state index in [0.29, 0.717) is 0 Å². The van der Waals surface area contributed by atoms with Crippen molar-refractivity contribution in [1.82, 2.24) is 0 Å². The minimum atomic E-state index is 0.845. The van der Waals surface area contributed by atoms with Gasteiger partial charge < -0.3 is 0 Å². The molecule has 0 radical (unpaired) electrons. The lowest BCUT2D eigenvalue weighted by molar-refractivity contribution is 0.0769. The first-order valence-electron chi connectivity index (χ1n) is 6.64. The average Bonchev–Trinajstić information content (AvgIpc) is 2.25. The second kappa shape index (κ2) is 3.50. The molecule has 0 bridgehead atoms. The highest BCUT2D eigenvalue weighted by Gasteiger charge is 2.43. The third-order valence-electron chi connectivity index (χ3n) is 5.13. The lowest BCUT2D eigenvalue weighted by atomic mass is 9.55. The van der Waals surface area contributed by atoms with Crippen LogP contribution in [0.25, 0.3) is 0 Å². The van der Waals surface area contributed by atoms with Crippen LogP contribution in [0.15, 0.2) is 23.8 Å². The third-order valence-corrected chi connectivity index (χ3v) is 5.13. The highest BCUT2D eigenvalue weighted by molar-refractivity contribution is 5.31. The summed E-state index contributed by atoms with van der Waals surface area (Å²) in [7, 11) is 0. The molecule has 0 heterocycles. The Balaban J connectivity index is 1.99. The zero-order valence-corrected chi connectivity index (χ0v) is 9.84. The summed E-state index contributed by atoms with van der Waals surface area (Å²) in [5.41, 5.74) is 3.08. The molecule has 0 aromatic heterocycles. The van der Waals surface area contributed by atoms with Gasteiger partial charge in [0.1, 0.15) is 0 Å². The van der Waals surface area contributed by atoms with Gasteiger partial charge in [0.2, 0.25) is 0 Å². The van der Waals surface area contributed by atoms with Gasteiger partial charge in [-0.1, -0.05) is 49.5 Å². The molecule has 2 saturated carbocycles. The SMILES string of the molecule is C=C1C=C(C)C2CCCC3CCCC1C32. The van der Waals surface area contributed by atoms with Crippen molar-refractivity contribution in [2.75, 3.05) is 0 Å². The maximum Gasteiger partial charge on any atom is -0.0131 e. The van der Waals surface area contributed by atoms with Crippen molar-refractivity contribution in [3.05, 3.63) is 23.8 Å². The Kier molecular flexibility index (Phi) is 2.26. The molecule has 2 fully saturated rings. The van der Waals surface area contributed by atoms with E-state index in [1.807, 2.05) is 0 Å². The van der Waals surface area contributed by atoms with Crippen LogP contribution in [0.4, 0.5) is 0 Å². The van der Waals surface area contributed by atoms with Crippen LogP contribution in [0.5, 0.6) is 0 Å². The van der Waals surface area contributed by atoms with Crippen molar-refractivity contribution in [1.29, 1.82) is 0 Å². The fourth-order valence-electron chi connectivity index (χ4n) is 4.52. The van der Waals surface area contributed by atoms with Crippen molar-refractivity contribution < 1.29 is 0 Å². The molecule has 0 amide bonds. The van der Waals surface area contributed by atoms with Gasteiger partial charge in [-0.25, -0.2) is 0 Å². The highest BCUT2D eigenvalue weighted by Crippen LogP contribution is 2.53. The Morgan fingerprint density at radius 1 is 1.07 bits per heavy atom. The molecule has 0 spiro atoms. The van der Waals surface area contributed by atoms with Crippen LogP contribution in [0.2, 0.25) is 0 Å². The van der Waals surface area contributed by atoms with E-state index >= 15 is 0 Å². The van der Waals surface area contributed by atoms with Crippen LogP contribution in [-0.2, 0) is 0 Å². The van der Waals surface area contributed by atoms with Crippen molar-refractivity contribution in [3.63, 3.8) is 0 Å². The van der Waals surface area contributed by atoms with Crippen molar-refractivity contribution in [3.8, 4) is 0 Å². The van der Waals surface area contributed by atoms with Gasteiger partial charge >= 0.3 is 0 Å². The van der Waals surface area contributed by atoms with Gasteiger partial charge in [0, 0.05) is 0 Å². The molecule has 4 unspecified atom stereocenters. The summed E-state index contributed by atoms with van der Waals surface area (Å²) >= 11 is 0. The summed E-state index contributed by atoms with van der Waals surface area (Å²) in [6.07, 6.45) is 11.2. The lowest BCUT2D eigenvalue weighted by Crippen LogP contribution is -2.40. The highest BCUT2D eigenvalue weighted by atomic mass is 14.5. The van der Waals surface area contributed by atoms with E-state index in [-0.39, 0.29) is 0 Å². The molecule has 3 rings (SSSR count). The molecular formula is C15H22.